The Morgan fingerprint density at radius 1 is 0.444 bits per heavy atom. The van der Waals surface area contributed by atoms with Gasteiger partial charge in [0, 0.05) is 42.2 Å². The number of benzene rings is 9. The molecule has 1 atom stereocenters. The molecule has 0 saturated heterocycles. The van der Waals surface area contributed by atoms with Crippen molar-refractivity contribution >= 4 is 97.3 Å². The highest BCUT2D eigenvalue weighted by atomic mass is 32.1. The number of para-hydroxylation sites is 1. The summed E-state index contributed by atoms with van der Waals surface area (Å²) in [5, 5.41) is 16.4. The molecule has 4 heteroatoms. The number of nitrogens with one attached hydrogen (secondary N) is 1. The summed E-state index contributed by atoms with van der Waals surface area (Å²) in [4.78, 5) is 5.80. The molecule has 0 spiro atoms. The van der Waals surface area contributed by atoms with E-state index in [1.165, 1.54) is 85.5 Å². The highest BCUT2D eigenvalue weighted by Gasteiger charge is 2.29. The number of fused-ring (bicyclic) bond motifs is 12. The Morgan fingerprint density at radius 3 is 1.78 bits per heavy atom. The molecule has 0 aliphatic carbocycles. The number of anilines is 1. The smallest absolute Gasteiger partial charge is 0.208 e. The standard InChI is InChI=1S/C50H31N3S/c1-2-12-30(13-3-1)35-27-40(46-39-26-33-16-4-5-17-34(33)28-44(39)54-45(46)29-35)49-38-20-10-11-21-41(38)51-50(52-49)53-42-24-22-31-14-6-8-18-36(31)47(42)48-37-19-9-7-15-32(37)23-25-43(48)53/h1-29,49H,(H,51,52). The number of aromatic nitrogens is 1. The topological polar surface area (TPSA) is 29.3 Å². The second-order valence-corrected chi connectivity index (χ2v) is 15.5. The summed E-state index contributed by atoms with van der Waals surface area (Å²) in [7, 11) is 0. The van der Waals surface area contributed by atoms with Crippen LogP contribution in [0.2, 0.25) is 0 Å². The minimum absolute atomic E-state index is 0.249. The van der Waals surface area contributed by atoms with Gasteiger partial charge in [-0.15, -0.1) is 11.3 Å². The lowest BCUT2D eigenvalue weighted by atomic mass is 9.90. The number of nitrogens with zero attached hydrogens (tertiary/aromatic N) is 2. The van der Waals surface area contributed by atoms with Crippen LogP contribution < -0.4 is 5.32 Å². The molecule has 0 radical (unpaired) electrons. The lowest BCUT2D eigenvalue weighted by Crippen LogP contribution is -2.27. The average Bonchev–Trinajstić information content (AvgIpc) is 3.78. The van der Waals surface area contributed by atoms with Crippen molar-refractivity contribution in [2.24, 2.45) is 4.99 Å². The van der Waals surface area contributed by atoms with Crippen molar-refractivity contribution in [3.63, 3.8) is 0 Å². The van der Waals surface area contributed by atoms with E-state index < -0.39 is 0 Å². The van der Waals surface area contributed by atoms with Crippen molar-refractivity contribution in [2.75, 3.05) is 5.32 Å². The zero-order valence-electron chi connectivity index (χ0n) is 29.1. The first-order valence-electron chi connectivity index (χ1n) is 18.5. The number of thiophene rings is 1. The van der Waals surface area contributed by atoms with Crippen molar-refractivity contribution in [1.29, 1.82) is 0 Å². The summed E-state index contributed by atoms with van der Waals surface area (Å²) in [6, 6.07) is 64.0. The minimum Gasteiger partial charge on any atom is -0.325 e. The van der Waals surface area contributed by atoms with E-state index >= 15 is 0 Å². The molecule has 1 aliphatic rings. The molecule has 1 N–H and O–H groups in total. The number of aliphatic imine (C=N–C) groups is 1. The first-order valence-corrected chi connectivity index (χ1v) is 19.3. The fraction of sp³-hybridized carbons (Fsp3) is 0.0200. The number of rotatable bonds is 2. The Morgan fingerprint density at radius 2 is 1.06 bits per heavy atom. The van der Waals surface area contributed by atoms with E-state index in [1.807, 2.05) is 11.3 Å². The fourth-order valence-corrected chi connectivity index (χ4v) is 10.2. The highest BCUT2D eigenvalue weighted by molar-refractivity contribution is 7.26. The second kappa shape index (κ2) is 11.4. The molecule has 12 rings (SSSR count). The third-order valence-corrected chi connectivity index (χ3v) is 12.5. The zero-order valence-corrected chi connectivity index (χ0v) is 29.9. The van der Waals surface area contributed by atoms with Crippen LogP contribution in [0.15, 0.2) is 181 Å². The summed E-state index contributed by atoms with van der Waals surface area (Å²) in [5.74, 6) is 0.826. The Bertz CT molecular complexity index is 3280. The maximum atomic E-state index is 5.80. The van der Waals surface area contributed by atoms with Crippen LogP contribution in [0.1, 0.15) is 17.2 Å². The molecular weight excluding hydrogens is 675 g/mol. The molecule has 1 aliphatic heterocycles. The van der Waals surface area contributed by atoms with Crippen LogP contribution in [0.25, 0.3) is 85.4 Å². The minimum atomic E-state index is -0.249. The van der Waals surface area contributed by atoms with Crippen LogP contribution in [0, 0.1) is 0 Å². The van der Waals surface area contributed by atoms with E-state index in [2.05, 4.69) is 186 Å². The van der Waals surface area contributed by atoms with Crippen LogP contribution in [-0.4, -0.2) is 10.5 Å². The van der Waals surface area contributed by atoms with Gasteiger partial charge in [0.2, 0.25) is 5.96 Å². The Hall–Kier alpha value is -6.75. The summed E-state index contributed by atoms with van der Waals surface area (Å²) < 4.78 is 4.94. The predicted molar refractivity (Wildman–Crippen MR) is 231 cm³/mol. The Labute approximate surface area is 315 Å². The molecule has 0 amide bonds. The van der Waals surface area contributed by atoms with Gasteiger partial charge >= 0.3 is 0 Å². The molecule has 3 nitrogen and oxygen atoms in total. The van der Waals surface area contributed by atoms with Crippen molar-refractivity contribution < 1.29 is 0 Å². The van der Waals surface area contributed by atoms with E-state index in [9.17, 15) is 0 Å². The first-order chi connectivity index (χ1) is 26.8. The van der Waals surface area contributed by atoms with Gasteiger partial charge < -0.3 is 5.32 Å². The number of hydrogen-bond donors (Lipinski definition) is 1. The quantitative estimate of drug-likeness (QED) is 0.191. The molecule has 0 saturated carbocycles. The van der Waals surface area contributed by atoms with Gasteiger partial charge in [-0.05, 0) is 91.5 Å². The summed E-state index contributed by atoms with van der Waals surface area (Å²) in [6.07, 6.45) is 0. The van der Waals surface area contributed by atoms with Crippen molar-refractivity contribution in [2.45, 2.75) is 6.04 Å². The molecule has 2 aromatic heterocycles. The van der Waals surface area contributed by atoms with E-state index in [0.717, 1.165) is 22.7 Å². The largest absolute Gasteiger partial charge is 0.325 e. The van der Waals surface area contributed by atoms with Crippen LogP contribution in [-0.2, 0) is 0 Å². The molecule has 0 bridgehead atoms. The van der Waals surface area contributed by atoms with Crippen LogP contribution in [0.3, 0.4) is 0 Å². The summed E-state index contributed by atoms with van der Waals surface area (Å²) in [6.45, 7) is 0. The van der Waals surface area contributed by atoms with Crippen molar-refractivity contribution in [3.8, 4) is 11.1 Å². The third kappa shape index (κ3) is 4.32. The molecule has 9 aromatic carbocycles. The molecule has 3 heterocycles. The molecule has 54 heavy (non-hydrogen) atoms. The lowest BCUT2D eigenvalue weighted by molar-refractivity contribution is 0.860. The summed E-state index contributed by atoms with van der Waals surface area (Å²) in [5.41, 5.74) is 8.15. The summed E-state index contributed by atoms with van der Waals surface area (Å²) >= 11 is 1.88. The van der Waals surface area contributed by atoms with Gasteiger partial charge in [0.25, 0.3) is 0 Å². The van der Waals surface area contributed by atoms with Crippen LogP contribution >= 0.6 is 11.3 Å². The normalized spacial score (nSPS) is 14.4. The van der Waals surface area contributed by atoms with E-state index in [1.54, 1.807) is 0 Å². The maximum absolute atomic E-state index is 5.80. The predicted octanol–water partition coefficient (Wildman–Crippen LogP) is 13.7. The van der Waals surface area contributed by atoms with Gasteiger partial charge in [-0.25, -0.2) is 4.99 Å². The highest BCUT2D eigenvalue weighted by Crippen LogP contribution is 2.47. The van der Waals surface area contributed by atoms with Gasteiger partial charge in [-0.1, -0.05) is 133 Å². The maximum Gasteiger partial charge on any atom is 0.208 e. The Kier molecular flexibility index (Phi) is 6.27. The SMILES string of the molecule is c1ccc(-c2cc(C3N=C(n4c5ccc6ccccc6c5c5c6ccccc6ccc54)Nc4ccccc43)c3c(c2)sc2cc4ccccc4cc23)cc1. The van der Waals surface area contributed by atoms with E-state index in [-0.39, 0.29) is 6.04 Å². The fourth-order valence-electron chi connectivity index (χ4n) is 8.96. The molecule has 1 unspecified atom stereocenters. The van der Waals surface area contributed by atoms with Gasteiger partial charge in [-0.3, -0.25) is 4.57 Å². The van der Waals surface area contributed by atoms with Crippen molar-refractivity contribution in [3.05, 3.63) is 187 Å². The second-order valence-electron chi connectivity index (χ2n) is 14.4. The van der Waals surface area contributed by atoms with Gasteiger partial charge in [0.05, 0.1) is 11.0 Å². The number of hydrogen-bond acceptors (Lipinski definition) is 3. The lowest BCUT2D eigenvalue weighted by Gasteiger charge is -2.27. The van der Waals surface area contributed by atoms with Gasteiger partial charge in [-0.2, -0.15) is 0 Å². The van der Waals surface area contributed by atoms with Crippen LogP contribution in [0.5, 0.6) is 0 Å². The first kappa shape index (κ1) is 29.8. The average molecular weight is 706 g/mol. The molecule has 0 fully saturated rings. The molecule has 252 valence electrons. The van der Waals surface area contributed by atoms with Crippen molar-refractivity contribution in [1.82, 2.24) is 4.57 Å². The monoisotopic (exact) mass is 705 g/mol. The molecular formula is C50H31N3S. The van der Waals surface area contributed by atoms with Gasteiger partial charge in [0.1, 0.15) is 6.04 Å². The zero-order chi connectivity index (χ0) is 35.3. The van der Waals surface area contributed by atoms with E-state index in [0.29, 0.717) is 0 Å². The molecule has 11 aromatic rings. The van der Waals surface area contributed by atoms with Gasteiger partial charge in [0.15, 0.2) is 0 Å². The Balaban J connectivity index is 1.19. The van der Waals surface area contributed by atoms with E-state index in [4.69, 9.17) is 4.99 Å². The third-order valence-electron chi connectivity index (χ3n) is 11.4. The van der Waals surface area contributed by atoms with Crippen LogP contribution in [0.4, 0.5) is 5.69 Å².